The molecule has 168 valence electrons. The van der Waals surface area contributed by atoms with Crippen LogP contribution in [0.5, 0.6) is 0 Å². The minimum Gasteiger partial charge on any atom is -0.480 e. The lowest BCUT2D eigenvalue weighted by molar-refractivity contribution is -0.144. The number of carbonyl (C=O) groups is 3. The molecule has 0 spiro atoms. The molecule has 2 aromatic carbocycles. The minimum atomic E-state index is -1.07. The maximum absolute atomic E-state index is 12.3. The number of amides is 2. The number of aliphatic carboxylic acids is 1. The van der Waals surface area contributed by atoms with Crippen molar-refractivity contribution in [2.45, 2.75) is 32.2 Å². The van der Waals surface area contributed by atoms with Crippen molar-refractivity contribution in [2.75, 3.05) is 19.7 Å². The van der Waals surface area contributed by atoms with Gasteiger partial charge < -0.3 is 20.1 Å². The predicted molar refractivity (Wildman–Crippen MR) is 121 cm³/mol. The molecule has 1 atom stereocenters. The van der Waals surface area contributed by atoms with Crippen LogP contribution in [-0.4, -0.2) is 53.7 Å². The number of ether oxygens (including phenoxy) is 1. The van der Waals surface area contributed by atoms with Crippen LogP contribution in [0.15, 0.2) is 60.7 Å². The summed E-state index contributed by atoms with van der Waals surface area (Å²) in [4.78, 5) is 36.7. The number of benzene rings is 2. The number of carboxylic acid groups (broad SMARTS) is 1. The van der Waals surface area contributed by atoms with Gasteiger partial charge in [-0.2, -0.15) is 0 Å². The van der Waals surface area contributed by atoms with E-state index < -0.39 is 18.0 Å². The van der Waals surface area contributed by atoms with Crippen LogP contribution < -0.4 is 5.32 Å². The fourth-order valence-electron chi connectivity index (χ4n) is 3.86. The molecule has 3 rings (SSSR count). The summed E-state index contributed by atoms with van der Waals surface area (Å²) in [7, 11) is 0. The highest BCUT2D eigenvalue weighted by Gasteiger charge is 2.28. The first-order valence-electron chi connectivity index (χ1n) is 10.7. The molecule has 7 heteroatoms. The second kappa shape index (κ2) is 10.6. The van der Waals surface area contributed by atoms with E-state index in [2.05, 4.69) is 29.6 Å². The normalized spacial score (nSPS) is 13.3. The average Bonchev–Trinajstić information content (AvgIpc) is 3.12. The van der Waals surface area contributed by atoms with Crippen molar-refractivity contribution in [1.29, 1.82) is 0 Å². The van der Waals surface area contributed by atoms with Crippen LogP contribution in [0.1, 0.15) is 37.3 Å². The van der Waals surface area contributed by atoms with Crippen molar-refractivity contribution in [1.82, 2.24) is 10.2 Å². The SMILES string of the molecule is CCC(C)N(CC(=O)O)C(=O)/C=C/CNC(=O)OCC1c2ccccc2-c2ccccc21. The van der Waals surface area contributed by atoms with E-state index in [0.717, 1.165) is 22.3 Å². The van der Waals surface area contributed by atoms with Crippen molar-refractivity contribution in [2.24, 2.45) is 0 Å². The summed E-state index contributed by atoms with van der Waals surface area (Å²) in [6.45, 7) is 3.63. The van der Waals surface area contributed by atoms with Gasteiger partial charge >= 0.3 is 12.1 Å². The van der Waals surface area contributed by atoms with Crippen LogP contribution in [0, 0.1) is 0 Å². The minimum absolute atomic E-state index is 0.0228. The second-order valence-corrected chi connectivity index (χ2v) is 7.73. The Kier molecular flexibility index (Phi) is 7.65. The van der Waals surface area contributed by atoms with E-state index in [4.69, 9.17) is 9.84 Å². The van der Waals surface area contributed by atoms with Crippen LogP contribution >= 0.6 is 0 Å². The fraction of sp³-hybridized carbons (Fsp3) is 0.320. The zero-order chi connectivity index (χ0) is 23.1. The summed E-state index contributed by atoms with van der Waals surface area (Å²) < 4.78 is 5.45. The van der Waals surface area contributed by atoms with E-state index >= 15 is 0 Å². The van der Waals surface area contributed by atoms with Crippen LogP contribution in [0.2, 0.25) is 0 Å². The molecule has 2 amide bonds. The lowest BCUT2D eigenvalue weighted by Gasteiger charge is -2.25. The Hall–Kier alpha value is -3.61. The first kappa shape index (κ1) is 23.1. The van der Waals surface area contributed by atoms with Crippen molar-refractivity contribution in [3.63, 3.8) is 0 Å². The highest BCUT2D eigenvalue weighted by atomic mass is 16.5. The molecule has 2 aromatic rings. The third-order valence-corrected chi connectivity index (χ3v) is 5.68. The van der Waals surface area contributed by atoms with Gasteiger partial charge in [-0.15, -0.1) is 0 Å². The largest absolute Gasteiger partial charge is 0.480 e. The zero-order valence-electron chi connectivity index (χ0n) is 18.3. The molecule has 1 aliphatic rings. The topological polar surface area (TPSA) is 95.9 Å². The molecule has 0 fully saturated rings. The van der Waals surface area contributed by atoms with E-state index in [-0.39, 0.29) is 31.7 Å². The summed E-state index contributed by atoms with van der Waals surface area (Å²) in [6, 6.07) is 16.0. The van der Waals surface area contributed by atoms with E-state index in [9.17, 15) is 14.4 Å². The number of nitrogens with zero attached hydrogens (tertiary/aromatic N) is 1. The van der Waals surface area contributed by atoms with Gasteiger partial charge in [-0.3, -0.25) is 9.59 Å². The third kappa shape index (κ3) is 5.35. The van der Waals surface area contributed by atoms with Gasteiger partial charge in [-0.1, -0.05) is 61.5 Å². The molecule has 0 aliphatic heterocycles. The first-order valence-corrected chi connectivity index (χ1v) is 10.7. The number of rotatable bonds is 9. The van der Waals surface area contributed by atoms with Crippen molar-refractivity contribution in [3.05, 3.63) is 71.8 Å². The van der Waals surface area contributed by atoms with E-state index in [1.165, 1.54) is 17.1 Å². The monoisotopic (exact) mass is 436 g/mol. The van der Waals surface area contributed by atoms with Gasteiger partial charge in [0.2, 0.25) is 5.91 Å². The summed E-state index contributed by atoms with van der Waals surface area (Å²) >= 11 is 0. The standard InChI is InChI=1S/C25H28N2O5/c1-3-17(2)27(15-24(29)30)23(28)13-8-14-26-25(31)32-16-22-20-11-6-4-9-18(20)19-10-5-7-12-21(19)22/h4-13,17,22H,3,14-16H2,1-2H3,(H,26,31)(H,29,30)/b13-8+. The number of carboxylic acids is 1. The van der Waals surface area contributed by atoms with Gasteiger partial charge in [-0.25, -0.2) is 4.79 Å². The van der Waals surface area contributed by atoms with Gasteiger partial charge in [0.25, 0.3) is 0 Å². The Morgan fingerprint density at radius 2 is 1.69 bits per heavy atom. The summed E-state index contributed by atoms with van der Waals surface area (Å²) in [5.74, 6) is -1.50. The number of hydrogen-bond donors (Lipinski definition) is 2. The second-order valence-electron chi connectivity index (χ2n) is 7.73. The van der Waals surface area contributed by atoms with Crippen molar-refractivity contribution in [3.8, 4) is 11.1 Å². The third-order valence-electron chi connectivity index (χ3n) is 5.68. The Balaban J connectivity index is 1.52. The average molecular weight is 437 g/mol. The molecule has 1 aliphatic carbocycles. The number of nitrogens with one attached hydrogen (secondary N) is 1. The molecule has 0 bridgehead atoms. The van der Waals surface area contributed by atoms with E-state index in [1.54, 1.807) is 6.92 Å². The van der Waals surface area contributed by atoms with Gasteiger partial charge in [0.1, 0.15) is 13.2 Å². The van der Waals surface area contributed by atoms with Crippen LogP contribution in [0.25, 0.3) is 11.1 Å². The van der Waals surface area contributed by atoms with Gasteiger partial charge in [0.05, 0.1) is 0 Å². The highest BCUT2D eigenvalue weighted by Crippen LogP contribution is 2.44. The van der Waals surface area contributed by atoms with E-state index in [1.807, 2.05) is 31.2 Å². The Labute approximate surface area is 187 Å². The molecule has 0 aromatic heterocycles. The fourth-order valence-corrected chi connectivity index (χ4v) is 3.86. The molecule has 0 radical (unpaired) electrons. The van der Waals surface area contributed by atoms with E-state index in [0.29, 0.717) is 6.42 Å². The molecule has 0 saturated carbocycles. The van der Waals surface area contributed by atoms with Crippen LogP contribution in [0.4, 0.5) is 4.79 Å². The van der Waals surface area contributed by atoms with Crippen LogP contribution in [0.3, 0.4) is 0 Å². The van der Waals surface area contributed by atoms with Gasteiger partial charge in [0.15, 0.2) is 0 Å². The quantitative estimate of drug-likeness (QED) is 0.583. The number of alkyl carbamates (subject to hydrolysis) is 1. The molecule has 0 heterocycles. The maximum Gasteiger partial charge on any atom is 0.407 e. The Morgan fingerprint density at radius 1 is 1.09 bits per heavy atom. The summed E-state index contributed by atoms with van der Waals surface area (Å²) in [5.41, 5.74) is 4.59. The Bertz CT molecular complexity index is 971. The molecular formula is C25H28N2O5. The molecule has 7 nitrogen and oxygen atoms in total. The number of hydrogen-bond acceptors (Lipinski definition) is 4. The number of fused-ring (bicyclic) bond motifs is 3. The summed E-state index contributed by atoms with van der Waals surface area (Å²) in [5, 5.41) is 11.6. The maximum atomic E-state index is 12.3. The Morgan fingerprint density at radius 3 is 2.25 bits per heavy atom. The number of carbonyl (C=O) groups excluding carboxylic acids is 2. The predicted octanol–water partition coefficient (Wildman–Crippen LogP) is 3.79. The lowest BCUT2D eigenvalue weighted by Crippen LogP contribution is -2.41. The molecule has 0 saturated heterocycles. The van der Waals surface area contributed by atoms with Crippen molar-refractivity contribution >= 4 is 18.0 Å². The molecule has 1 unspecified atom stereocenters. The van der Waals surface area contributed by atoms with Crippen LogP contribution in [-0.2, 0) is 14.3 Å². The highest BCUT2D eigenvalue weighted by molar-refractivity contribution is 5.90. The molecule has 2 N–H and O–H groups in total. The summed E-state index contributed by atoms with van der Waals surface area (Å²) in [6.07, 6.45) is 2.83. The smallest absolute Gasteiger partial charge is 0.407 e. The molecular weight excluding hydrogens is 408 g/mol. The van der Waals surface area contributed by atoms with Crippen molar-refractivity contribution < 1.29 is 24.2 Å². The zero-order valence-corrected chi connectivity index (χ0v) is 18.3. The molecule has 32 heavy (non-hydrogen) atoms. The first-order chi connectivity index (χ1) is 15.4. The lowest BCUT2D eigenvalue weighted by atomic mass is 9.98. The van der Waals surface area contributed by atoms with Gasteiger partial charge in [0, 0.05) is 24.6 Å². The van der Waals surface area contributed by atoms with Gasteiger partial charge in [-0.05, 0) is 35.6 Å².